The van der Waals surface area contributed by atoms with E-state index in [1.54, 1.807) is 43.2 Å². The summed E-state index contributed by atoms with van der Waals surface area (Å²) >= 11 is 11.6. The Labute approximate surface area is 167 Å². The van der Waals surface area contributed by atoms with E-state index in [2.05, 4.69) is 6.58 Å². The van der Waals surface area contributed by atoms with Crippen molar-refractivity contribution in [2.75, 3.05) is 26.8 Å². The second-order valence-corrected chi connectivity index (χ2v) is 6.37. The summed E-state index contributed by atoms with van der Waals surface area (Å²) in [4.78, 5) is 26.6. The predicted molar refractivity (Wildman–Crippen MR) is 108 cm³/mol. The maximum absolute atomic E-state index is 12.6. The number of thiocarbonyl (C=S) groups is 1. The third-order valence-corrected chi connectivity index (χ3v) is 4.42. The van der Waals surface area contributed by atoms with Crippen LogP contribution in [0, 0.1) is 0 Å². The van der Waals surface area contributed by atoms with E-state index in [4.69, 9.17) is 39.0 Å². The molecule has 1 fully saturated rings. The first kappa shape index (κ1) is 20.7. The van der Waals surface area contributed by atoms with Gasteiger partial charge in [-0.15, -0.1) is 6.58 Å². The molecule has 7 nitrogen and oxygen atoms in total. The van der Waals surface area contributed by atoms with Crippen LogP contribution in [0.4, 0.5) is 0 Å². The molecule has 0 spiro atoms. The number of rotatable bonds is 8. The second-order valence-electron chi connectivity index (χ2n) is 5.59. The fourth-order valence-electron chi connectivity index (χ4n) is 2.48. The second kappa shape index (κ2) is 8.88. The highest BCUT2D eigenvalue weighted by Crippen LogP contribution is 2.37. The van der Waals surface area contributed by atoms with Crippen molar-refractivity contribution in [1.82, 2.24) is 9.80 Å². The summed E-state index contributed by atoms with van der Waals surface area (Å²) in [5.41, 5.74) is 6.12. The van der Waals surface area contributed by atoms with Crippen LogP contribution in [-0.4, -0.2) is 53.5 Å². The molecule has 1 aliphatic rings. The first-order valence-corrected chi connectivity index (χ1v) is 8.88. The standard InChI is InChI=1S/C18H20ClN3O4S/c1-4-6-22-17(24)13(21(3)18(22)27)8-11-7-12(19)16(26-10-15(20)23)14(9-11)25-5-2/h4,7-9H,1,5-6,10H2,2-3H3,(H2,20,23)/b13-8+. The zero-order valence-corrected chi connectivity index (χ0v) is 16.6. The Morgan fingerprint density at radius 3 is 2.70 bits per heavy atom. The number of primary amides is 1. The average molecular weight is 410 g/mol. The van der Waals surface area contributed by atoms with E-state index in [9.17, 15) is 9.59 Å². The largest absolute Gasteiger partial charge is 0.490 e. The monoisotopic (exact) mass is 409 g/mol. The summed E-state index contributed by atoms with van der Waals surface area (Å²) in [5.74, 6) is -0.301. The topological polar surface area (TPSA) is 85.1 Å². The molecular formula is C18H20ClN3O4S. The Balaban J connectivity index is 2.42. The molecule has 1 aromatic carbocycles. The van der Waals surface area contributed by atoms with E-state index >= 15 is 0 Å². The van der Waals surface area contributed by atoms with E-state index in [0.717, 1.165) is 0 Å². The number of nitrogens with two attached hydrogens (primary N) is 1. The lowest BCUT2D eigenvalue weighted by molar-refractivity contribution is -0.122. The molecule has 2 amide bonds. The van der Waals surface area contributed by atoms with Crippen LogP contribution in [0.25, 0.3) is 6.08 Å². The van der Waals surface area contributed by atoms with Gasteiger partial charge in [0, 0.05) is 13.6 Å². The third-order valence-electron chi connectivity index (χ3n) is 3.65. The van der Waals surface area contributed by atoms with Crippen molar-refractivity contribution in [2.45, 2.75) is 6.92 Å². The Morgan fingerprint density at radius 1 is 1.41 bits per heavy atom. The van der Waals surface area contributed by atoms with Crippen LogP contribution >= 0.6 is 23.8 Å². The molecule has 1 heterocycles. The van der Waals surface area contributed by atoms with Gasteiger partial charge in [-0.05, 0) is 42.9 Å². The zero-order valence-electron chi connectivity index (χ0n) is 15.0. The molecule has 0 atom stereocenters. The lowest BCUT2D eigenvalue weighted by atomic mass is 10.1. The number of nitrogens with zero attached hydrogens (tertiary/aromatic N) is 2. The molecule has 0 aromatic heterocycles. The van der Waals surface area contributed by atoms with Gasteiger partial charge in [0.15, 0.2) is 23.2 Å². The summed E-state index contributed by atoms with van der Waals surface area (Å²) in [6, 6.07) is 3.27. The van der Waals surface area contributed by atoms with Gasteiger partial charge in [0.25, 0.3) is 11.8 Å². The lowest BCUT2D eigenvalue weighted by Gasteiger charge is -2.15. The number of ether oxygens (including phenoxy) is 2. The highest BCUT2D eigenvalue weighted by atomic mass is 35.5. The zero-order chi connectivity index (χ0) is 20.1. The lowest BCUT2D eigenvalue weighted by Crippen LogP contribution is -2.31. The Bertz CT molecular complexity index is 825. The molecule has 0 radical (unpaired) electrons. The van der Waals surface area contributed by atoms with E-state index in [0.29, 0.717) is 35.3 Å². The van der Waals surface area contributed by atoms with E-state index in [1.807, 2.05) is 0 Å². The number of amides is 2. The van der Waals surface area contributed by atoms with Crippen LogP contribution in [0.3, 0.4) is 0 Å². The molecule has 0 bridgehead atoms. The Kier molecular flexibility index (Phi) is 6.81. The van der Waals surface area contributed by atoms with Gasteiger partial charge in [-0.1, -0.05) is 17.7 Å². The third kappa shape index (κ3) is 4.58. The first-order chi connectivity index (χ1) is 12.8. The molecule has 2 N–H and O–H groups in total. The molecule has 0 unspecified atom stereocenters. The normalized spacial score (nSPS) is 15.4. The van der Waals surface area contributed by atoms with E-state index in [1.165, 1.54) is 4.90 Å². The number of carbonyl (C=O) groups is 2. The van der Waals surface area contributed by atoms with Crippen LogP contribution < -0.4 is 15.2 Å². The number of halogens is 1. The van der Waals surface area contributed by atoms with Crippen LogP contribution in [0.5, 0.6) is 11.5 Å². The predicted octanol–water partition coefficient (Wildman–Crippen LogP) is 2.19. The van der Waals surface area contributed by atoms with Gasteiger partial charge in [0.1, 0.15) is 5.70 Å². The maximum atomic E-state index is 12.6. The Hall–Kier alpha value is -2.58. The van der Waals surface area contributed by atoms with Crippen molar-refractivity contribution in [1.29, 1.82) is 0 Å². The Morgan fingerprint density at radius 2 is 2.11 bits per heavy atom. The van der Waals surface area contributed by atoms with Gasteiger partial charge >= 0.3 is 0 Å². The van der Waals surface area contributed by atoms with Crippen LogP contribution in [0.2, 0.25) is 5.02 Å². The molecule has 1 aliphatic heterocycles. The number of likely N-dealkylation sites (N-methyl/N-ethyl adjacent to an activating group) is 1. The summed E-state index contributed by atoms with van der Waals surface area (Å²) in [6.45, 7) is 5.80. The number of hydrogen-bond donors (Lipinski definition) is 1. The fraction of sp³-hybridized carbons (Fsp3) is 0.278. The van der Waals surface area contributed by atoms with E-state index in [-0.39, 0.29) is 23.3 Å². The molecular weight excluding hydrogens is 390 g/mol. The minimum Gasteiger partial charge on any atom is -0.490 e. The summed E-state index contributed by atoms with van der Waals surface area (Å²) in [7, 11) is 1.71. The molecule has 27 heavy (non-hydrogen) atoms. The van der Waals surface area contributed by atoms with Gasteiger partial charge in [-0.25, -0.2) is 0 Å². The maximum Gasteiger partial charge on any atom is 0.277 e. The minimum absolute atomic E-state index is 0.217. The number of hydrogen-bond acceptors (Lipinski definition) is 5. The van der Waals surface area contributed by atoms with Crippen molar-refractivity contribution in [3.8, 4) is 11.5 Å². The summed E-state index contributed by atoms with van der Waals surface area (Å²) in [5, 5.41) is 0.622. The molecule has 144 valence electrons. The van der Waals surface area contributed by atoms with E-state index < -0.39 is 5.91 Å². The molecule has 2 rings (SSSR count). The highest BCUT2D eigenvalue weighted by Gasteiger charge is 2.34. The minimum atomic E-state index is -0.631. The van der Waals surface area contributed by atoms with Gasteiger partial charge in [-0.2, -0.15) is 0 Å². The van der Waals surface area contributed by atoms with Gasteiger partial charge < -0.3 is 20.1 Å². The SMILES string of the molecule is C=CCN1C(=O)/C(=C\c2cc(Cl)c(OCC(N)=O)c(OCC)c2)N(C)C1=S. The smallest absolute Gasteiger partial charge is 0.277 e. The summed E-state index contributed by atoms with van der Waals surface area (Å²) < 4.78 is 10.9. The van der Waals surface area contributed by atoms with Crippen LogP contribution in [0.15, 0.2) is 30.5 Å². The van der Waals surface area contributed by atoms with Crippen LogP contribution in [0.1, 0.15) is 12.5 Å². The van der Waals surface area contributed by atoms with Gasteiger partial charge in [-0.3, -0.25) is 14.5 Å². The molecule has 0 aliphatic carbocycles. The van der Waals surface area contributed by atoms with Crippen molar-refractivity contribution in [3.05, 3.63) is 41.1 Å². The molecule has 1 saturated heterocycles. The summed E-state index contributed by atoms with van der Waals surface area (Å²) in [6.07, 6.45) is 3.26. The number of carbonyl (C=O) groups excluding carboxylic acids is 2. The average Bonchev–Trinajstić information content (AvgIpc) is 2.79. The van der Waals surface area contributed by atoms with Gasteiger partial charge in [0.2, 0.25) is 0 Å². The molecule has 1 aromatic rings. The van der Waals surface area contributed by atoms with Crippen molar-refractivity contribution >= 4 is 46.8 Å². The van der Waals surface area contributed by atoms with Crippen LogP contribution in [-0.2, 0) is 9.59 Å². The quantitative estimate of drug-likeness (QED) is 0.402. The fourth-order valence-corrected chi connectivity index (χ4v) is 3.01. The highest BCUT2D eigenvalue weighted by molar-refractivity contribution is 7.80. The number of benzene rings is 1. The first-order valence-electron chi connectivity index (χ1n) is 8.09. The van der Waals surface area contributed by atoms with Crippen molar-refractivity contribution in [2.24, 2.45) is 5.73 Å². The van der Waals surface area contributed by atoms with Crippen molar-refractivity contribution in [3.63, 3.8) is 0 Å². The molecule has 9 heteroatoms. The van der Waals surface area contributed by atoms with Gasteiger partial charge in [0.05, 0.1) is 11.6 Å². The molecule has 0 saturated carbocycles. The van der Waals surface area contributed by atoms with Crippen molar-refractivity contribution < 1.29 is 19.1 Å².